The van der Waals surface area contributed by atoms with Crippen LogP contribution in [0.2, 0.25) is 0 Å². The Kier molecular flexibility index (Phi) is 20.0. The minimum Gasteiger partial charge on any atom is -0.446 e. The molecule has 3 unspecified atom stereocenters. The van der Waals surface area contributed by atoms with Gasteiger partial charge in [0.15, 0.2) is 5.12 Å². The summed E-state index contributed by atoms with van der Waals surface area (Å²) < 4.78 is 5.69. The fraction of sp³-hybridized carbons (Fsp3) is 0.676. The van der Waals surface area contributed by atoms with Gasteiger partial charge in [-0.15, -0.1) is 12.6 Å². The minimum absolute atomic E-state index is 0.0278. The number of amides is 1. The van der Waals surface area contributed by atoms with Gasteiger partial charge in [0, 0.05) is 35.9 Å². The van der Waals surface area contributed by atoms with E-state index in [0.29, 0.717) is 30.7 Å². The van der Waals surface area contributed by atoms with Crippen molar-refractivity contribution in [3.63, 3.8) is 0 Å². The van der Waals surface area contributed by atoms with Crippen molar-refractivity contribution in [3.8, 4) is 0 Å². The first-order valence-corrected chi connectivity index (χ1v) is 16.3. The van der Waals surface area contributed by atoms with E-state index in [1.807, 2.05) is 58.9 Å². The zero-order valence-electron chi connectivity index (χ0n) is 28.2. The van der Waals surface area contributed by atoms with E-state index in [9.17, 15) is 14.4 Å². The predicted octanol–water partition coefficient (Wildman–Crippen LogP) is 7.46. The Morgan fingerprint density at radius 2 is 1.60 bits per heavy atom. The number of aliphatic hydroxyl groups is 1. The van der Waals surface area contributed by atoms with E-state index in [2.05, 4.69) is 42.0 Å². The molecule has 3 rings (SSSR count). The summed E-state index contributed by atoms with van der Waals surface area (Å²) in [6, 6.07) is 7.99. The van der Waals surface area contributed by atoms with E-state index in [1.54, 1.807) is 13.8 Å². The Labute approximate surface area is 266 Å². The molecule has 0 radical (unpaired) electrons. The van der Waals surface area contributed by atoms with E-state index in [4.69, 9.17) is 9.84 Å². The van der Waals surface area contributed by atoms with Gasteiger partial charge in [0.25, 0.3) is 0 Å². The van der Waals surface area contributed by atoms with Crippen molar-refractivity contribution in [2.24, 2.45) is 33.4 Å². The number of ether oxygens (including phenoxy) is 1. The normalized spacial score (nSPS) is 19.5. The van der Waals surface area contributed by atoms with Gasteiger partial charge in [-0.25, -0.2) is 4.79 Å². The molecule has 1 heterocycles. The Balaban J connectivity index is 0.00000126. The third-order valence-electron chi connectivity index (χ3n) is 7.41. The summed E-state index contributed by atoms with van der Waals surface area (Å²) in [5, 5.41) is 20.3. The molecular weight excluding hydrogens is 562 g/mol. The van der Waals surface area contributed by atoms with Gasteiger partial charge in [0.2, 0.25) is 0 Å². The van der Waals surface area contributed by atoms with Gasteiger partial charge < -0.3 is 15.2 Å². The van der Waals surface area contributed by atoms with Crippen LogP contribution < -0.4 is 5.32 Å². The maximum absolute atomic E-state index is 12.1. The van der Waals surface area contributed by atoms with E-state index >= 15 is 0 Å². The molecule has 2 N–H and O–H groups in total. The number of aliphatic hydroxyl groups excluding tert-OH is 1. The number of Topliss-reactive ketones (excluding diaryl/α,β-unsaturated/α-hetero) is 1. The highest BCUT2D eigenvalue weighted by molar-refractivity contribution is 7.96. The number of thiol groups is 1. The quantitative estimate of drug-likeness (QED) is 0.261. The van der Waals surface area contributed by atoms with Crippen LogP contribution in [0.4, 0.5) is 4.79 Å². The molecule has 0 bridgehead atoms. The lowest BCUT2D eigenvalue weighted by atomic mass is 9.74. The van der Waals surface area contributed by atoms with Crippen molar-refractivity contribution in [2.75, 3.05) is 13.2 Å². The molecular formula is C34H57N3O5S. The Morgan fingerprint density at radius 3 is 2.09 bits per heavy atom. The van der Waals surface area contributed by atoms with Crippen molar-refractivity contribution in [2.45, 2.75) is 114 Å². The van der Waals surface area contributed by atoms with Crippen molar-refractivity contribution in [1.29, 1.82) is 0 Å². The second-order valence-electron chi connectivity index (χ2n) is 11.6. The lowest BCUT2D eigenvalue weighted by molar-refractivity contribution is -0.126. The lowest BCUT2D eigenvalue weighted by Gasteiger charge is -2.34. The SMILES string of the molecule is CC.CC.CC(=O)C(C)(C)CO.CC1=NN=C(c2ccc(CC(=O)S)cc2)C2CCCC(OC(=O)NCC(C)C)CCC12. The van der Waals surface area contributed by atoms with E-state index in [-0.39, 0.29) is 29.7 Å². The molecule has 8 nitrogen and oxygen atoms in total. The molecule has 1 fully saturated rings. The molecule has 9 heteroatoms. The zero-order valence-corrected chi connectivity index (χ0v) is 29.1. The highest BCUT2D eigenvalue weighted by atomic mass is 32.1. The number of alkyl carbamates (subject to hydrolysis) is 1. The molecule has 3 atom stereocenters. The number of rotatable bonds is 8. The topological polar surface area (TPSA) is 117 Å². The molecule has 1 aliphatic carbocycles. The van der Waals surface area contributed by atoms with E-state index in [1.165, 1.54) is 6.92 Å². The first-order chi connectivity index (χ1) is 20.3. The number of carbonyl (C=O) groups excluding carboxylic acids is 3. The van der Waals surface area contributed by atoms with Gasteiger partial charge in [0.1, 0.15) is 11.9 Å². The molecule has 0 saturated heterocycles. The van der Waals surface area contributed by atoms with Crippen molar-refractivity contribution in [3.05, 3.63) is 35.4 Å². The number of hydrogen-bond donors (Lipinski definition) is 3. The highest BCUT2D eigenvalue weighted by Crippen LogP contribution is 2.35. The summed E-state index contributed by atoms with van der Waals surface area (Å²) in [6.07, 6.45) is 4.54. The summed E-state index contributed by atoms with van der Waals surface area (Å²) >= 11 is 3.86. The molecule has 1 aromatic carbocycles. The monoisotopic (exact) mass is 619 g/mol. The van der Waals surface area contributed by atoms with E-state index < -0.39 is 5.41 Å². The smallest absolute Gasteiger partial charge is 0.407 e. The molecule has 1 amide bonds. The molecule has 1 aromatic rings. The fourth-order valence-electron chi connectivity index (χ4n) is 4.54. The van der Waals surface area contributed by atoms with Gasteiger partial charge in [-0.05, 0) is 63.0 Å². The summed E-state index contributed by atoms with van der Waals surface area (Å²) in [5.74, 6) is 1.04. The minimum atomic E-state index is -0.542. The van der Waals surface area contributed by atoms with Gasteiger partial charge in [0.05, 0.1) is 12.3 Å². The first-order valence-electron chi connectivity index (χ1n) is 15.8. The number of nitrogens with zero attached hydrogens (tertiary/aromatic N) is 2. The second-order valence-corrected chi connectivity index (χ2v) is 12.1. The van der Waals surface area contributed by atoms with Gasteiger partial charge in [-0.2, -0.15) is 10.2 Å². The predicted molar refractivity (Wildman–Crippen MR) is 181 cm³/mol. The number of benzene rings is 1. The molecule has 1 saturated carbocycles. The summed E-state index contributed by atoms with van der Waals surface area (Å²) in [7, 11) is 0. The van der Waals surface area contributed by atoms with Crippen LogP contribution in [0.3, 0.4) is 0 Å². The second kappa shape index (κ2) is 21.2. The van der Waals surface area contributed by atoms with Crippen LogP contribution in [0.15, 0.2) is 34.5 Å². The van der Waals surface area contributed by atoms with Crippen molar-refractivity contribution < 1.29 is 24.2 Å². The van der Waals surface area contributed by atoms with E-state index in [0.717, 1.165) is 54.7 Å². The molecule has 0 aromatic heterocycles. The van der Waals surface area contributed by atoms with Crippen molar-refractivity contribution >= 4 is 41.0 Å². The molecule has 2 aliphatic rings. The standard InChI is InChI=1S/C24H33N3O3S.C6H12O2.2C2H6/c1-15(2)14-25-24(29)30-19-5-4-6-21-20(12-11-19)16(3)26-27-23(21)18-9-7-17(8-10-18)13-22(28)31;1-5(8)6(2,3)4-7;2*1-2/h7-10,15,19-21H,4-6,11-14H2,1-3H3,(H,25,29)(H,28,31);7H,4H2,1-3H3;2*1-2H3. The number of hydrogen-bond acceptors (Lipinski definition) is 7. The molecule has 1 aliphatic heterocycles. The summed E-state index contributed by atoms with van der Waals surface area (Å²) in [6.45, 7) is 19.7. The molecule has 244 valence electrons. The van der Waals surface area contributed by atoms with Gasteiger partial charge in [-0.3, -0.25) is 9.59 Å². The van der Waals surface area contributed by atoms with Crippen LogP contribution in [0.25, 0.3) is 0 Å². The largest absolute Gasteiger partial charge is 0.446 e. The van der Waals surface area contributed by atoms with Crippen LogP contribution >= 0.6 is 12.6 Å². The molecule has 43 heavy (non-hydrogen) atoms. The van der Waals surface area contributed by atoms with Crippen LogP contribution in [-0.4, -0.2) is 52.8 Å². The lowest BCUT2D eigenvalue weighted by Crippen LogP contribution is -2.36. The number of nitrogens with one attached hydrogen (secondary N) is 1. The van der Waals surface area contributed by atoms with Crippen LogP contribution in [0, 0.1) is 23.2 Å². The fourth-order valence-corrected chi connectivity index (χ4v) is 4.72. The number of fused-ring (bicyclic) bond motifs is 1. The maximum atomic E-state index is 12.1. The highest BCUT2D eigenvalue weighted by Gasteiger charge is 2.34. The number of ketones is 1. The maximum Gasteiger partial charge on any atom is 0.407 e. The average Bonchev–Trinajstić information content (AvgIpc) is 2.96. The third kappa shape index (κ3) is 14.7. The van der Waals surface area contributed by atoms with Gasteiger partial charge >= 0.3 is 6.09 Å². The van der Waals surface area contributed by atoms with Gasteiger partial charge in [-0.1, -0.05) is 79.7 Å². The summed E-state index contributed by atoms with van der Waals surface area (Å²) in [4.78, 5) is 33.9. The van der Waals surface area contributed by atoms with Crippen LogP contribution in [-0.2, 0) is 20.7 Å². The van der Waals surface area contributed by atoms with Crippen LogP contribution in [0.1, 0.15) is 112 Å². The third-order valence-corrected chi connectivity index (χ3v) is 7.57. The Hall–Kier alpha value is -2.52. The Morgan fingerprint density at radius 1 is 1.00 bits per heavy atom. The zero-order chi connectivity index (χ0) is 33.2. The number of carbonyl (C=O) groups is 3. The average molecular weight is 620 g/mol. The van der Waals surface area contributed by atoms with Crippen LogP contribution in [0.5, 0.6) is 0 Å². The Bertz CT molecular complexity index is 1050. The molecule has 0 spiro atoms. The first kappa shape index (κ1) is 40.5. The van der Waals surface area contributed by atoms with Crippen molar-refractivity contribution in [1.82, 2.24) is 5.32 Å². The summed E-state index contributed by atoms with van der Waals surface area (Å²) in [5.41, 5.74) is 3.54.